The van der Waals surface area contributed by atoms with Crippen molar-refractivity contribution in [2.24, 2.45) is 5.92 Å². The molecule has 0 radical (unpaired) electrons. The molecule has 8 heteroatoms. The quantitative estimate of drug-likeness (QED) is 0.635. The number of piperidine rings is 1. The summed E-state index contributed by atoms with van der Waals surface area (Å²) in [5.41, 5.74) is 1.60. The van der Waals surface area contributed by atoms with E-state index in [0.29, 0.717) is 30.8 Å². The van der Waals surface area contributed by atoms with Crippen molar-refractivity contribution in [3.63, 3.8) is 0 Å². The van der Waals surface area contributed by atoms with Gasteiger partial charge < -0.3 is 10.1 Å². The van der Waals surface area contributed by atoms with Crippen molar-refractivity contribution in [1.29, 1.82) is 0 Å². The summed E-state index contributed by atoms with van der Waals surface area (Å²) in [5, 5.41) is 2.91. The Morgan fingerprint density at radius 3 is 2.63 bits per heavy atom. The maximum absolute atomic E-state index is 13.4. The van der Waals surface area contributed by atoms with E-state index in [1.807, 2.05) is 44.2 Å². The predicted molar refractivity (Wildman–Crippen MR) is 121 cm³/mol. The Labute approximate surface area is 186 Å². The number of sulfonamides is 1. The van der Waals surface area contributed by atoms with Gasteiger partial charge in [0.05, 0.1) is 18.7 Å². The fourth-order valence-electron chi connectivity index (χ4n) is 3.57. The molecule has 0 aliphatic carbocycles. The molecule has 2 aromatic rings. The molecular weight excluding hydrogens is 468 g/mol. The number of ether oxygens (including phenoxy) is 1. The van der Waals surface area contributed by atoms with Crippen LogP contribution in [0, 0.1) is 5.92 Å². The molecule has 0 spiro atoms. The number of carbonyl (C=O) groups excluding carboxylic acids is 1. The van der Waals surface area contributed by atoms with Gasteiger partial charge in [0.1, 0.15) is 10.6 Å². The minimum atomic E-state index is -3.79. The first-order chi connectivity index (χ1) is 14.2. The Bertz CT molecular complexity index is 1020. The number of rotatable bonds is 6. The van der Waals surface area contributed by atoms with Crippen LogP contribution in [0.25, 0.3) is 0 Å². The van der Waals surface area contributed by atoms with Crippen molar-refractivity contribution < 1.29 is 17.9 Å². The third-order valence-electron chi connectivity index (χ3n) is 5.36. The highest BCUT2D eigenvalue weighted by Gasteiger charge is 2.35. The van der Waals surface area contributed by atoms with Crippen LogP contribution >= 0.6 is 15.9 Å². The summed E-state index contributed by atoms with van der Waals surface area (Å²) in [6.07, 6.45) is 1.27. The number of halogens is 1. The first-order valence-electron chi connectivity index (χ1n) is 9.97. The van der Waals surface area contributed by atoms with Gasteiger partial charge in [0.15, 0.2) is 0 Å². The lowest BCUT2D eigenvalue weighted by Crippen LogP contribution is -2.43. The van der Waals surface area contributed by atoms with Crippen molar-refractivity contribution in [1.82, 2.24) is 4.31 Å². The average molecular weight is 495 g/mol. The van der Waals surface area contributed by atoms with Gasteiger partial charge in [0, 0.05) is 17.6 Å². The van der Waals surface area contributed by atoms with Crippen molar-refractivity contribution in [2.45, 2.75) is 37.5 Å². The molecule has 0 saturated carbocycles. The second kappa shape index (κ2) is 9.49. The number of benzene rings is 2. The second-order valence-corrected chi connectivity index (χ2v) is 10.5. The highest BCUT2D eigenvalue weighted by molar-refractivity contribution is 9.10. The number of carbonyl (C=O) groups is 1. The average Bonchev–Trinajstić information content (AvgIpc) is 2.74. The van der Waals surface area contributed by atoms with E-state index in [9.17, 15) is 13.2 Å². The first kappa shape index (κ1) is 22.8. The normalized spacial score (nSPS) is 17.7. The molecule has 1 aliphatic heterocycles. The van der Waals surface area contributed by atoms with Crippen LogP contribution in [0.1, 0.15) is 38.2 Å². The maximum atomic E-state index is 13.4. The fraction of sp³-hybridized carbons (Fsp3) is 0.409. The summed E-state index contributed by atoms with van der Waals surface area (Å²) in [6, 6.07) is 12.6. The van der Waals surface area contributed by atoms with Gasteiger partial charge in [-0.05, 0) is 64.5 Å². The number of hydrogen-bond donors (Lipinski definition) is 1. The van der Waals surface area contributed by atoms with Gasteiger partial charge in [-0.1, -0.05) is 32.0 Å². The molecule has 6 nitrogen and oxygen atoms in total. The van der Waals surface area contributed by atoms with E-state index in [-0.39, 0.29) is 23.3 Å². The van der Waals surface area contributed by atoms with Crippen LogP contribution in [0.3, 0.4) is 0 Å². The second-order valence-electron chi connectivity index (χ2n) is 7.74. The van der Waals surface area contributed by atoms with Crippen LogP contribution in [-0.4, -0.2) is 38.8 Å². The van der Waals surface area contributed by atoms with E-state index in [2.05, 4.69) is 21.2 Å². The standard InChI is InChI=1S/C22H27BrN2O4S/c1-15(2)16-10-11-20(29-3)21(13-16)30(27,28)25-12-6-7-17(14-25)22(26)24-19-9-5-4-8-18(19)23/h4-5,8-11,13,15,17H,6-7,12,14H2,1-3H3,(H,24,26)/t17-/m0/s1. The van der Waals surface area contributed by atoms with E-state index in [0.717, 1.165) is 10.0 Å². The molecule has 1 saturated heterocycles. The molecule has 0 unspecified atom stereocenters. The van der Waals surface area contributed by atoms with E-state index in [1.165, 1.54) is 11.4 Å². The van der Waals surface area contributed by atoms with E-state index < -0.39 is 15.9 Å². The topological polar surface area (TPSA) is 75.7 Å². The number of anilines is 1. The largest absolute Gasteiger partial charge is 0.495 e. The van der Waals surface area contributed by atoms with Crippen molar-refractivity contribution in [3.8, 4) is 5.75 Å². The molecule has 30 heavy (non-hydrogen) atoms. The van der Waals surface area contributed by atoms with Gasteiger partial charge in [-0.3, -0.25) is 4.79 Å². The molecule has 1 fully saturated rings. The summed E-state index contributed by atoms with van der Waals surface area (Å²) in [7, 11) is -2.32. The molecule has 1 heterocycles. The Balaban J connectivity index is 1.83. The highest BCUT2D eigenvalue weighted by atomic mass is 79.9. The molecule has 2 aromatic carbocycles. The number of amides is 1. The van der Waals surface area contributed by atoms with Gasteiger partial charge in [0.25, 0.3) is 0 Å². The summed E-state index contributed by atoms with van der Waals surface area (Å²) in [5.74, 6) is -0.0853. The van der Waals surface area contributed by atoms with E-state index in [4.69, 9.17) is 4.74 Å². The predicted octanol–water partition coefficient (Wildman–Crippen LogP) is 4.62. The van der Waals surface area contributed by atoms with Crippen LogP contribution < -0.4 is 10.1 Å². The lowest BCUT2D eigenvalue weighted by molar-refractivity contribution is -0.120. The summed E-state index contributed by atoms with van der Waals surface area (Å²) < 4.78 is 34.4. The summed E-state index contributed by atoms with van der Waals surface area (Å²) in [6.45, 7) is 4.56. The van der Waals surface area contributed by atoms with Gasteiger partial charge in [-0.15, -0.1) is 0 Å². The molecule has 1 atom stereocenters. The smallest absolute Gasteiger partial charge is 0.246 e. The number of nitrogens with one attached hydrogen (secondary N) is 1. The Kier molecular flexibility index (Phi) is 7.21. The Hall–Kier alpha value is -1.90. The summed E-state index contributed by atoms with van der Waals surface area (Å²) in [4.78, 5) is 13.0. The van der Waals surface area contributed by atoms with E-state index in [1.54, 1.807) is 12.1 Å². The number of hydrogen-bond acceptors (Lipinski definition) is 4. The van der Waals surface area contributed by atoms with E-state index >= 15 is 0 Å². The van der Waals surface area contributed by atoms with Crippen LogP contribution in [0.15, 0.2) is 51.8 Å². The SMILES string of the molecule is COc1ccc(C(C)C)cc1S(=O)(=O)N1CCC[C@H](C(=O)Nc2ccccc2Br)C1. The number of nitrogens with zero attached hydrogens (tertiary/aromatic N) is 1. The third kappa shape index (κ3) is 4.87. The van der Waals surface area contributed by atoms with Crippen molar-refractivity contribution in [2.75, 3.05) is 25.5 Å². The zero-order chi connectivity index (χ0) is 21.9. The monoisotopic (exact) mass is 494 g/mol. The van der Waals surface area contributed by atoms with Crippen LogP contribution in [0.4, 0.5) is 5.69 Å². The Morgan fingerprint density at radius 1 is 1.23 bits per heavy atom. The minimum Gasteiger partial charge on any atom is -0.495 e. The van der Waals surface area contributed by atoms with Crippen LogP contribution in [0.2, 0.25) is 0 Å². The fourth-order valence-corrected chi connectivity index (χ4v) is 5.66. The molecule has 1 aliphatic rings. The van der Waals surface area contributed by atoms with Crippen LogP contribution in [0.5, 0.6) is 5.75 Å². The molecule has 1 amide bonds. The first-order valence-corrected chi connectivity index (χ1v) is 12.2. The van der Waals surface area contributed by atoms with Crippen molar-refractivity contribution in [3.05, 3.63) is 52.5 Å². The molecule has 0 bridgehead atoms. The lowest BCUT2D eigenvalue weighted by atomic mass is 9.99. The van der Waals surface area contributed by atoms with Gasteiger partial charge in [-0.2, -0.15) is 4.31 Å². The molecule has 3 rings (SSSR count). The van der Waals surface area contributed by atoms with Gasteiger partial charge in [0.2, 0.25) is 15.9 Å². The maximum Gasteiger partial charge on any atom is 0.246 e. The third-order valence-corrected chi connectivity index (χ3v) is 7.94. The van der Waals surface area contributed by atoms with Crippen molar-refractivity contribution >= 4 is 37.5 Å². The summed E-state index contributed by atoms with van der Waals surface area (Å²) >= 11 is 3.42. The minimum absolute atomic E-state index is 0.147. The molecular formula is C22H27BrN2O4S. The van der Waals surface area contributed by atoms with Crippen LogP contribution in [-0.2, 0) is 14.8 Å². The number of para-hydroxylation sites is 1. The highest BCUT2D eigenvalue weighted by Crippen LogP contribution is 2.33. The zero-order valence-electron chi connectivity index (χ0n) is 17.4. The molecule has 162 valence electrons. The van der Waals surface area contributed by atoms with Gasteiger partial charge in [-0.25, -0.2) is 8.42 Å². The zero-order valence-corrected chi connectivity index (χ0v) is 19.8. The lowest BCUT2D eigenvalue weighted by Gasteiger charge is -2.31. The molecule has 0 aromatic heterocycles. The number of methoxy groups -OCH3 is 1. The Morgan fingerprint density at radius 2 is 1.97 bits per heavy atom. The molecule has 1 N–H and O–H groups in total. The van der Waals surface area contributed by atoms with Gasteiger partial charge >= 0.3 is 0 Å².